The fraction of sp³-hybridized carbons (Fsp3) is 0.0769. The summed E-state index contributed by atoms with van der Waals surface area (Å²) in [5, 5.41) is 2.81. The first-order valence-corrected chi connectivity index (χ1v) is 5.93. The number of pyridine rings is 1. The summed E-state index contributed by atoms with van der Waals surface area (Å²) < 4.78 is 0.795. The molecule has 0 spiro atoms. The van der Waals surface area contributed by atoms with Gasteiger partial charge in [-0.05, 0) is 52.7 Å². The van der Waals surface area contributed by atoms with Crippen molar-refractivity contribution in [3.63, 3.8) is 0 Å². The van der Waals surface area contributed by atoms with Crippen molar-refractivity contribution in [3.8, 4) is 0 Å². The van der Waals surface area contributed by atoms with Crippen LogP contribution < -0.4 is 5.32 Å². The molecule has 0 aliphatic carbocycles. The lowest BCUT2D eigenvalue weighted by Gasteiger charge is -2.07. The Morgan fingerprint density at radius 3 is 2.59 bits per heavy atom. The predicted molar refractivity (Wildman–Crippen MR) is 71.1 cm³/mol. The highest BCUT2D eigenvalue weighted by atomic mass is 79.9. The van der Waals surface area contributed by atoms with Crippen LogP contribution in [0.4, 0.5) is 5.69 Å². The first-order valence-electron chi connectivity index (χ1n) is 5.14. The lowest BCUT2D eigenvalue weighted by atomic mass is 10.1. The van der Waals surface area contributed by atoms with Crippen molar-refractivity contribution in [3.05, 3.63) is 58.3 Å². The Hall–Kier alpha value is -1.68. The van der Waals surface area contributed by atoms with Crippen molar-refractivity contribution >= 4 is 27.5 Å². The van der Waals surface area contributed by atoms with Crippen molar-refractivity contribution in [2.45, 2.75) is 6.92 Å². The highest BCUT2D eigenvalue weighted by molar-refractivity contribution is 9.10. The third-order valence-electron chi connectivity index (χ3n) is 2.31. The van der Waals surface area contributed by atoms with Crippen LogP contribution in [-0.4, -0.2) is 10.9 Å². The van der Waals surface area contributed by atoms with E-state index in [2.05, 4.69) is 26.2 Å². The molecule has 17 heavy (non-hydrogen) atoms. The summed E-state index contributed by atoms with van der Waals surface area (Å²) in [7, 11) is 0. The molecule has 0 saturated heterocycles. The summed E-state index contributed by atoms with van der Waals surface area (Å²) in [4.78, 5) is 15.9. The molecule has 0 radical (unpaired) electrons. The average Bonchev–Trinajstić information content (AvgIpc) is 2.30. The molecule has 1 N–H and O–H groups in total. The SMILES string of the molecule is Cc1ccc(C(=O)Nc2ccncc2)c(Br)c1. The summed E-state index contributed by atoms with van der Waals surface area (Å²) in [6, 6.07) is 9.13. The van der Waals surface area contributed by atoms with Gasteiger partial charge in [-0.25, -0.2) is 0 Å². The summed E-state index contributed by atoms with van der Waals surface area (Å²) in [5.74, 6) is -0.136. The van der Waals surface area contributed by atoms with Crippen molar-refractivity contribution in [1.29, 1.82) is 0 Å². The van der Waals surface area contributed by atoms with Crippen LogP contribution in [0.3, 0.4) is 0 Å². The van der Waals surface area contributed by atoms with Gasteiger partial charge in [-0.3, -0.25) is 9.78 Å². The molecule has 0 saturated carbocycles. The van der Waals surface area contributed by atoms with Crippen LogP contribution in [0.2, 0.25) is 0 Å². The van der Waals surface area contributed by atoms with Crippen LogP contribution in [0.1, 0.15) is 15.9 Å². The van der Waals surface area contributed by atoms with E-state index in [1.54, 1.807) is 30.6 Å². The number of aryl methyl sites for hydroxylation is 1. The van der Waals surface area contributed by atoms with Crippen molar-refractivity contribution in [2.75, 3.05) is 5.32 Å². The highest BCUT2D eigenvalue weighted by Crippen LogP contribution is 2.19. The lowest BCUT2D eigenvalue weighted by Crippen LogP contribution is -2.12. The number of carbonyl (C=O) groups excluding carboxylic acids is 1. The highest BCUT2D eigenvalue weighted by Gasteiger charge is 2.09. The van der Waals surface area contributed by atoms with Gasteiger partial charge in [0.2, 0.25) is 0 Å². The van der Waals surface area contributed by atoms with E-state index in [0.717, 1.165) is 15.7 Å². The van der Waals surface area contributed by atoms with E-state index in [4.69, 9.17) is 0 Å². The maximum atomic E-state index is 12.0. The number of nitrogens with one attached hydrogen (secondary N) is 1. The number of aromatic nitrogens is 1. The van der Waals surface area contributed by atoms with E-state index in [1.807, 2.05) is 19.1 Å². The summed E-state index contributed by atoms with van der Waals surface area (Å²) in [6.07, 6.45) is 3.28. The van der Waals surface area contributed by atoms with Crippen LogP contribution in [0.15, 0.2) is 47.2 Å². The van der Waals surface area contributed by atoms with Crippen molar-refractivity contribution in [1.82, 2.24) is 4.98 Å². The Morgan fingerprint density at radius 1 is 1.24 bits per heavy atom. The number of rotatable bonds is 2. The van der Waals surface area contributed by atoms with Crippen LogP contribution in [0.25, 0.3) is 0 Å². The van der Waals surface area contributed by atoms with E-state index >= 15 is 0 Å². The van der Waals surface area contributed by atoms with E-state index in [-0.39, 0.29) is 5.91 Å². The number of amides is 1. The van der Waals surface area contributed by atoms with Gasteiger partial charge in [0.1, 0.15) is 0 Å². The quantitative estimate of drug-likeness (QED) is 0.921. The second-order valence-electron chi connectivity index (χ2n) is 3.67. The van der Waals surface area contributed by atoms with Gasteiger partial charge in [0, 0.05) is 22.6 Å². The third kappa shape index (κ3) is 2.91. The molecule has 0 aliphatic heterocycles. The van der Waals surface area contributed by atoms with Crippen molar-refractivity contribution in [2.24, 2.45) is 0 Å². The summed E-state index contributed by atoms with van der Waals surface area (Å²) >= 11 is 3.39. The fourth-order valence-electron chi connectivity index (χ4n) is 1.44. The van der Waals surface area contributed by atoms with Crippen LogP contribution >= 0.6 is 15.9 Å². The Balaban J connectivity index is 2.21. The molecule has 0 unspecified atom stereocenters. The molecule has 4 heteroatoms. The minimum absolute atomic E-state index is 0.136. The molecule has 3 nitrogen and oxygen atoms in total. The minimum Gasteiger partial charge on any atom is -0.322 e. The van der Waals surface area contributed by atoms with Crippen LogP contribution in [0, 0.1) is 6.92 Å². The van der Waals surface area contributed by atoms with E-state index < -0.39 is 0 Å². The molecule has 1 aromatic heterocycles. The summed E-state index contributed by atoms with van der Waals surface area (Å²) in [5.41, 5.74) is 2.46. The summed E-state index contributed by atoms with van der Waals surface area (Å²) in [6.45, 7) is 1.98. The van der Waals surface area contributed by atoms with Gasteiger partial charge in [0.15, 0.2) is 0 Å². The smallest absolute Gasteiger partial charge is 0.256 e. The molecule has 0 aliphatic rings. The number of benzene rings is 1. The van der Waals surface area contributed by atoms with Gasteiger partial charge in [-0.15, -0.1) is 0 Å². The fourth-order valence-corrected chi connectivity index (χ4v) is 2.11. The van der Waals surface area contributed by atoms with Crippen LogP contribution in [-0.2, 0) is 0 Å². The molecule has 86 valence electrons. The molecule has 2 rings (SSSR count). The number of nitrogens with zero attached hydrogens (tertiary/aromatic N) is 1. The van der Waals surface area contributed by atoms with Crippen LogP contribution in [0.5, 0.6) is 0 Å². The largest absolute Gasteiger partial charge is 0.322 e. The average molecular weight is 291 g/mol. The van der Waals surface area contributed by atoms with E-state index in [1.165, 1.54) is 0 Å². The topological polar surface area (TPSA) is 42.0 Å². The van der Waals surface area contributed by atoms with Gasteiger partial charge >= 0.3 is 0 Å². The monoisotopic (exact) mass is 290 g/mol. The molecule has 1 aromatic carbocycles. The van der Waals surface area contributed by atoms with Gasteiger partial charge in [-0.1, -0.05) is 6.07 Å². The van der Waals surface area contributed by atoms with E-state index in [9.17, 15) is 4.79 Å². The number of halogens is 1. The minimum atomic E-state index is -0.136. The first-order chi connectivity index (χ1) is 8.16. The maximum Gasteiger partial charge on any atom is 0.256 e. The number of carbonyl (C=O) groups is 1. The Morgan fingerprint density at radius 2 is 1.94 bits per heavy atom. The molecular weight excluding hydrogens is 280 g/mol. The third-order valence-corrected chi connectivity index (χ3v) is 2.96. The maximum absolute atomic E-state index is 12.0. The molecule has 1 heterocycles. The van der Waals surface area contributed by atoms with E-state index in [0.29, 0.717) is 5.56 Å². The first kappa shape index (κ1) is 11.8. The van der Waals surface area contributed by atoms with Gasteiger partial charge in [-0.2, -0.15) is 0 Å². The normalized spacial score (nSPS) is 10.0. The molecule has 0 bridgehead atoms. The molecular formula is C13H11BrN2O. The zero-order valence-corrected chi connectivity index (χ0v) is 10.9. The van der Waals surface area contributed by atoms with Gasteiger partial charge in [0.25, 0.3) is 5.91 Å². The molecule has 0 fully saturated rings. The van der Waals surface area contributed by atoms with Crippen molar-refractivity contribution < 1.29 is 4.79 Å². The predicted octanol–water partition coefficient (Wildman–Crippen LogP) is 3.40. The second-order valence-corrected chi connectivity index (χ2v) is 4.53. The zero-order chi connectivity index (χ0) is 12.3. The Bertz CT molecular complexity index is 540. The second kappa shape index (κ2) is 5.10. The zero-order valence-electron chi connectivity index (χ0n) is 9.27. The Labute approximate surface area is 108 Å². The standard InChI is InChI=1S/C13H11BrN2O/c1-9-2-3-11(12(14)8-9)13(17)16-10-4-6-15-7-5-10/h2-8H,1H3,(H,15,16,17). The molecule has 1 amide bonds. The number of anilines is 1. The molecule has 2 aromatic rings. The lowest BCUT2D eigenvalue weighted by molar-refractivity contribution is 0.102. The number of hydrogen-bond donors (Lipinski definition) is 1. The Kier molecular flexibility index (Phi) is 3.54. The number of hydrogen-bond acceptors (Lipinski definition) is 2. The molecule has 0 atom stereocenters. The van der Waals surface area contributed by atoms with Gasteiger partial charge < -0.3 is 5.32 Å². The van der Waals surface area contributed by atoms with Gasteiger partial charge in [0.05, 0.1) is 5.56 Å².